The number of hydrogen-bond acceptors (Lipinski definition) is 6. The highest BCUT2D eigenvalue weighted by Crippen LogP contribution is 2.18. The summed E-state index contributed by atoms with van der Waals surface area (Å²) < 4.78 is 4.76. The largest absolute Gasteiger partial charge is 0.455 e. The van der Waals surface area contributed by atoms with Gasteiger partial charge in [-0.05, 0) is 37.5 Å². The van der Waals surface area contributed by atoms with E-state index in [1.54, 1.807) is 6.07 Å². The number of thioether (sulfide) groups is 1. The molecule has 3 N–H and O–H groups in total. The first-order valence-electron chi connectivity index (χ1n) is 8.12. The van der Waals surface area contributed by atoms with Gasteiger partial charge in [0.2, 0.25) is 5.91 Å². The van der Waals surface area contributed by atoms with Crippen LogP contribution in [0.15, 0.2) is 24.3 Å². The van der Waals surface area contributed by atoms with Crippen LogP contribution in [0.5, 0.6) is 0 Å². The van der Waals surface area contributed by atoms with Crippen molar-refractivity contribution in [2.24, 2.45) is 0 Å². The maximum Gasteiger partial charge on any atom is 0.321 e. The van der Waals surface area contributed by atoms with E-state index in [4.69, 9.17) is 4.74 Å². The number of urea groups is 1. The highest BCUT2D eigenvalue weighted by atomic mass is 32.2. The summed E-state index contributed by atoms with van der Waals surface area (Å²) in [6, 6.07) is 6.93. The Morgan fingerprint density at radius 3 is 2.62 bits per heavy atom. The van der Waals surface area contributed by atoms with Crippen LogP contribution < -0.4 is 16.0 Å². The molecular weight excluding hydrogens is 358 g/mol. The van der Waals surface area contributed by atoms with Crippen molar-refractivity contribution >= 4 is 41.3 Å². The summed E-state index contributed by atoms with van der Waals surface area (Å²) in [6.45, 7) is 1.39. The molecule has 0 saturated heterocycles. The topological polar surface area (TPSA) is 114 Å². The van der Waals surface area contributed by atoms with Gasteiger partial charge in [-0.3, -0.25) is 19.7 Å². The van der Waals surface area contributed by atoms with Gasteiger partial charge >= 0.3 is 12.0 Å². The smallest absolute Gasteiger partial charge is 0.321 e. The fraction of sp³-hybridized carbons (Fsp3) is 0.412. The van der Waals surface area contributed by atoms with E-state index in [-0.39, 0.29) is 23.5 Å². The van der Waals surface area contributed by atoms with Gasteiger partial charge in [0.1, 0.15) is 0 Å². The second-order valence-corrected chi connectivity index (χ2v) is 6.85. The van der Waals surface area contributed by atoms with E-state index in [0.29, 0.717) is 5.69 Å². The molecule has 9 heteroatoms. The van der Waals surface area contributed by atoms with Crippen LogP contribution >= 0.6 is 11.8 Å². The Kier molecular flexibility index (Phi) is 7.46. The van der Waals surface area contributed by atoms with Crippen LogP contribution in [0.25, 0.3) is 0 Å². The number of anilines is 1. The van der Waals surface area contributed by atoms with Gasteiger partial charge in [-0.1, -0.05) is 12.1 Å². The van der Waals surface area contributed by atoms with Gasteiger partial charge in [0.05, 0.1) is 11.5 Å². The van der Waals surface area contributed by atoms with Crippen LogP contribution in [-0.2, 0) is 19.1 Å². The first-order valence-corrected chi connectivity index (χ1v) is 9.28. The molecule has 1 aromatic rings. The van der Waals surface area contributed by atoms with Crippen LogP contribution in [-0.4, -0.2) is 48.0 Å². The molecule has 0 unspecified atom stereocenters. The van der Waals surface area contributed by atoms with Crippen LogP contribution in [0, 0.1) is 6.92 Å². The monoisotopic (exact) mass is 379 g/mol. The molecule has 1 fully saturated rings. The molecule has 1 aromatic carbocycles. The first kappa shape index (κ1) is 19.8. The third-order valence-corrected chi connectivity index (χ3v) is 4.19. The van der Waals surface area contributed by atoms with Gasteiger partial charge in [0.15, 0.2) is 6.61 Å². The fourth-order valence-corrected chi connectivity index (χ4v) is 2.56. The molecule has 0 bridgehead atoms. The van der Waals surface area contributed by atoms with E-state index < -0.39 is 24.5 Å². The van der Waals surface area contributed by atoms with Crippen molar-refractivity contribution in [2.45, 2.75) is 25.8 Å². The summed E-state index contributed by atoms with van der Waals surface area (Å²) >= 11 is 1.08. The van der Waals surface area contributed by atoms with Crippen molar-refractivity contribution in [3.63, 3.8) is 0 Å². The molecule has 2 rings (SSSR count). The number of hydrogen-bond donors (Lipinski definition) is 3. The van der Waals surface area contributed by atoms with Gasteiger partial charge in [0.25, 0.3) is 5.91 Å². The zero-order chi connectivity index (χ0) is 18.9. The second kappa shape index (κ2) is 9.81. The summed E-state index contributed by atoms with van der Waals surface area (Å²) in [5, 5.41) is 7.39. The molecule has 0 atom stereocenters. The lowest BCUT2D eigenvalue weighted by molar-refractivity contribution is -0.145. The molecule has 0 heterocycles. The van der Waals surface area contributed by atoms with E-state index in [2.05, 4.69) is 16.0 Å². The number of nitrogens with one attached hydrogen (secondary N) is 3. The zero-order valence-corrected chi connectivity index (χ0v) is 15.2. The van der Waals surface area contributed by atoms with Gasteiger partial charge in [0, 0.05) is 11.7 Å². The van der Waals surface area contributed by atoms with Crippen LogP contribution in [0.4, 0.5) is 10.5 Å². The Balaban J connectivity index is 1.55. The van der Waals surface area contributed by atoms with E-state index in [1.807, 2.05) is 25.1 Å². The third-order valence-electron chi connectivity index (χ3n) is 3.28. The van der Waals surface area contributed by atoms with Crippen molar-refractivity contribution in [3.8, 4) is 0 Å². The highest BCUT2D eigenvalue weighted by Gasteiger charge is 2.24. The van der Waals surface area contributed by atoms with E-state index in [0.717, 1.165) is 30.2 Å². The first-order chi connectivity index (χ1) is 12.4. The minimum atomic E-state index is -0.696. The number of carbonyl (C=O) groups excluding carboxylic acids is 4. The predicted molar refractivity (Wildman–Crippen MR) is 97.8 cm³/mol. The van der Waals surface area contributed by atoms with Crippen LogP contribution in [0.1, 0.15) is 18.4 Å². The average Bonchev–Trinajstić information content (AvgIpc) is 3.36. The van der Waals surface area contributed by atoms with Crippen molar-refractivity contribution in [2.75, 3.05) is 23.4 Å². The van der Waals surface area contributed by atoms with Crippen molar-refractivity contribution in [1.29, 1.82) is 0 Å². The summed E-state index contributed by atoms with van der Waals surface area (Å²) in [6.07, 6.45) is 1.82. The van der Waals surface area contributed by atoms with E-state index >= 15 is 0 Å². The minimum absolute atomic E-state index is 0.0667. The van der Waals surface area contributed by atoms with Crippen molar-refractivity contribution < 1.29 is 23.9 Å². The van der Waals surface area contributed by atoms with E-state index in [1.165, 1.54) is 0 Å². The summed E-state index contributed by atoms with van der Waals surface area (Å²) in [5.74, 6) is -1.54. The number of amides is 4. The third kappa shape index (κ3) is 8.02. The molecule has 1 aliphatic carbocycles. The second-order valence-electron chi connectivity index (χ2n) is 5.87. The predicted octanol–water partition coefficient (Wildman–Crippen LogP) is 1.20. The molecular formula is C17H21N3O5S. The van der Waals surface area contributed by atoms with Crippen LogP contribution in [0.2, 0.25) is 0 Å². The lowest BCUT2D eigenvalue weighted by Crippen LogP contribution is -2.42. The molecule has 0 radical (unpaired) electrons. The van der Waals surface area contributed by atoms with E-state index in [9.17, 15) is 19.2 Å². The molecule has 140 valence electrons. The molecule has 8 nitrogen and oxygen atoms in total. The normalized spacial score (nSPS) is 12.8. The Hall–Kier alpha value is -2.55. The summed E-state index contributed by atoms with van der Waals surface area (Å²) in [7, 11) is 0. The molecule has 26 heavy (non-hydrogen) atoms. The number of benzene rings is 1. The Morgan fingerprint density at radius 1 is 1.15 bits per heavy atom. The summed E-state index contributed by atoms with van der Waals surface area (Å²) in [5.41, 5.74) is 1.72. The van der Waals surface area contributed by atoms with Crippen LogP contribution in [0.3, 0.4) is 0 Å². The van der Waals surface area contributed by atoms with Gasteiger partial charge in [-0.15, -0.1) is 11.8 Å². The Bertz CT molecular complexity index is 691. The summed E-state index contributed by atoms with van der Waals surface area (Å²) in [4.78, 5) is 46.1. The highest BCUT2D eigenvalue weighted by molar-refractivity contribution is 8.00. The maximum atomic E-state index is 11.8. The van der Waals surface area contributed by atoms with Gasteiger partial charge < -0.3 is 15.4 Å². The number of carbonyl (C=O) groups is 4. The average molecular weight is 379 g/mol. The molecule has 0 aromatic heterocycles. The maximum absolute atomic E-state index is 11.8. The molecule has 1 aliphatic rings. The lowest BCUT2D eigenvalue weighted by atomic mass is 10.2. The number of ether oxygens (including phenoxy) is 1. The SMILES string of the molecule is Cc1cccc(NC(=O)CSCC(=O)OCC(=O)NC(=O)NC2CC2)c1. The Labute approximate surface area is 155 Å². The number of imide groups is 1. The Morgan fingerprint density at radius 2 is 1.92 bits per heavy atom. The standard InChI is InChI=1S/C17H21N3O5S/c1-11-3-2-4-13(7-11)18-15(22)9-26-10-16(23)25-8-14(21)20-17(24)19-12-5-6-12/h2-4,7,12H,5-6,8-10H2,1H3,(H,18,22)(H2,19,20,21,24). The van der Waals surface area contributed by atoms with Gasteiger partial charge in [-0.25, -0.2) is 4.79 Å². The number of aryl methyl sites for hydroxylation is 1. The fourth-order valence-electron chi connectivity index (χ4n) is 1.95. The zero-order valence-electron chi connectivity index (χ0n) is 14.4. The quantitative estimate of drug-likeness (QED) is 0.585. The lowest BCUT2D eigenvalue weighted by Gasteiger charge is -2.07. The molecule has 0 aliphatic heterocycles. The molecule has 0 spiro atoms. The van der Waals surface area contributed by atoms with Crippen molar-refractivity contribution in [3.05, 3.63) is 29.8 Å². The van der Waals surface area contributed by atoms with Gasteiger partial charge in [-0.2, -0.15) is 0 Å². The number of rotatable bonds is 8. The molecule has 4 amide bonds. The number of esters is 1. The van der Waals surface area contributed by atoms with Crippen molar-refractivity contribution in [1.82, 2.24) is 10.6 Å². The molecule has 1 saturated carbocycles. The minimum Gasteiger partial charge on any atom is -0.455 e.